The highest BCUT2D eigenvalue weighted by atomic mass is 16.3. The maximum Gasteiger partial charge on any atom is 0.118 e. The first-order valence-electron chi connectivity index (χ1n) is 8.06. The molecule has 0 fully saturated rings. The van der Waals surface area contributed by atoms with E-state index in [-0.39, 0.29) is 0 Å². The van der Waals surface area contributed by atoms with Crippen LogP contribution in [-0.4, -0.2) is 10.2 Å². The van der Waals surface area contributed by atoms with Crippen LogP contribution in [0.15, 0.2) is 36.4 Å². The monoisotopic (exact) mass is 298 g/mol. The van der Waals surface area contributed by atoms with E-state index in [9.17, 15) is 10.2 Å². The summed E-state index contributed by atoms with van der Waals surface area (Å²) in [4.78, 5) is 0. The van der Waals surface area contributed by atoms with Gasteiger partial charge in [-0.2, -0.15) is 0 Å². The van der Waals surface area contributed by atoms with Crippen molar-refractivity contribution in [2.24, 2.45) is 5.92 Å². The minimum Gasteiger partial charge on any atom is -0.508 e. The number of aryl methyl sites for hydroxylation is 3. The van der Waals surface area contributed by atoms with Crippen LogP contribution in [0.25, 0.3) is 0 Å². The van der Waals surface area contributed by atoms with E-state index in [0.717, 1.165) is 36.8 Å². The van der Waals surface area contributed by atoms with Gasteiger partial charge in [0.2, 0.25) is 0 Å². The first kappa shape index (κ1) is 16.4. The Hall–Kier alpha value is -1.96. The van der Waals surface area contributed by atoms with Crippen LogP contribution in [0, 0.1) is 19.8 Å². The number of aromatic hydroxyl groups is 2. The lowest BCUT2D eigenvalue weighted by Crippen LogP contribution is -2.05. The summed E-state index contributed by atoms with van der Waals surface area (Å²) in [6.45, 7) is 6.12. The van der Waals surface area contributed by atoms with Crippen LogP contribution in [0.4, 0.5) is 0 Å². The number of benzene rings is 2. The van der Waals surface area contributed by atoms with E-state index < -0.39 is 0 Å². The molecule has 2 heteroatoms. The standard InChI is InChI=1S/C20H26O2/c1-4-16(13-18-8-10-20(22)15(3)12-18)5-6-17-7-9-19(21)14(2)11-17/h7-12,16,21-22H,4-6,13H2,1-3H3. The smallest absolute Gasteiger partial charge is 0.118 e. The number of hydrogen-bond donors (Lipinski definition) is 2. The minimum absolute atomic E-state index is 0.371. The van der Waals surface area contributed by atoms with Gasteiger partial charge in [-0.05, 0) is 73.4 Å². The van der Waals surface area contributed by atoms with Gasteiger partial charge < -0.3 is 10.2 Å². The zero-order valence-electron chi connectivity index (χ0n) is 13.8. The van der Waals surface area contributed by atoms with Crippen LogP contribution in [0.3, 0.4) is 0 Å². The summed E-state index contributed by atoms with van der Waals surface area (Å²) >= 11 is 0. The molecule has 1 unspecified atom stereocenters. The predicted molar refractivity (Wildman–Crippen MR) is 91.5 cm³/mol. The molecule has 1 atom stereocenters. The molecule has 22 heavy (non-hydrogen) atoms. The fraction of sp³-hybridized carbons (Fsp3) is 0.400. The van der Waals surface area contributed by atoms with Gasteiger partial charge in [-0.1, -0.05) is 37.6 Å². The van der Waals surface area contributed by atoms with E-state index in [1.165, 1.54) is 11.1 Å². The second-order valence-corrected chi connectivity index (χ2v) is 6.26. The third-order valence-electron chi connectivity index (χ3n) is 4.47. The van der Waals surface area contributed by atoms with Crippen molar-refractivity contribution in [3.8, 4) is 11.5 Å². The molecule has 0 saturated heterocycles. The molecule has 2 rings (SSSR count). The Morgan fingerprint density at radius 1 is 0.864 bits per heavy atom. The van der Waals surface area contributed by atoms with E-state index in [0.29, 0.717) is 17.4 Å². The summed E-state index contributed by atoms with van der Waals surface area (Å²) in [5.41, 5.74) is 4.47. The fourth-order valence-corrected chi connectivity index (χ4v) is 2.87. The average Bonchev–Trinajstić information content (AvgIpc) is 2.50. The Morgan fingerprint density at radius 2 is 1.41 bits per heavy atom. The second kappa shape index (κ2) is 7.35. The molecule has 0 aromatic heterocycles. The third-order valence-corrected chi connectivity index (χ3v) is 4.47. The van der Waals surface area contributed by atoms with Gasteiger partial charge in [0.15, 0.2) is 0 Å². The molecular formula is C20H26O2. The minimum atomic E-state index is 0.371. The van der Waals surface area contributed by atoms with E-state index in [4.69, 9.17) is 0 Å². The third kappa shape index (κ3) is 4.27. The fourth-order valence-electron chi connectivity index (χ4n) is 2.87. The largest absolute Gasteiger partial charge is 0.508 e. The summed E-state index contributed by atoms with van der Waals surface area (Å²) in [6, 6.07) is 11.8. The average molecular weight is 298 g/mol. The lowest BCUT2D eigenvalue weighted by molar-refractivity contribution is 0.460. The first-order valence-corrected chi connectivity index (χ1v) is 8.06. The number of rotatable bonds is 6. The summed E-state index contributed by atoms with van der Waals surface area (Å²) in [6.07, 6.45) is 4.38. The molecular weight excluding hydrogens is 272 g/mol. The molecule has 0 aliphatic heterocycles. The molecule has 2 nitrogen and oxygen atoms in total. The van der Waals surface area contributed by atoms with Crippen LogP contribution in [0.5, 0.6) is 11.5 Å². The number of phenolic OH excluding ortho intramolecular Hbond substituents is 2. The summed E-state index contributed by atoms with van der Waals surface area (Å²) in [5.74, 6) is 1.38. The van der Waals surface area contributed by atoms with Crippen molar-refractivity contribution in [1.29, 1.82) is 0 Å². The van der Waals surface area contributed by atoms with Crippen molar-refractivity contribution >= 4 is 0 Å². The lowest BCUT2D eigenvalue weighted by Gasteiger charge is -2.16. The Bertz CT molecular complexity index is 632. The van der Waals surface area contributed by atoms with Gasteiger partial charge in [0.1, 0.15) is 11.5 Å². The Labute approximate surface area is 133 Å². The molecule has 2 N–H and O–H groups in total. The van der Waals surface area contributed by atoms with Crippen LogP contribution >= 0.6 is 0 Å². The molecule has 0 saturated carbocycles. The van der Waals surface area contributed by atoms with Gasteiger partial charge >= 0.3 is 0 Å². The Morgan fingerprint density at radius 3 is 1.95 bits per heavy atom. The van der Waals surface area contributed by atoms with Gasteiger partial charge in [0.25, 0.3) is 0 Å². The Balaban J connectivity index is 1.96. The van der Waals surface area contributed by atoms with Crippen molar-refractivity contribution in [3.05, 3.63) is 58.7 Å². The van der Waals surface area contributed by atoms with Crippen LogP contribution < -0.4 is 0 Å². The Kier molecular flexibility index (Phi) is 5.48. The molecule has 2 aromatic rings. The van der Waals surface area contributed by atoms with E-state index in [1.807, 2.05) is 26.0 Å². The van der Waals surface area contributed by atoms with Crippen LogP contribution in [0.1, 0.15) is 42.0 Å². The zero-order valence-corrected chi connectivity index (χ0v) is 13.8. The SMILES string of the molecule is CCC(CCc1ccc(O)c(C)c1)Cc1ccc(O)c(C)c1. The highest BCUT2D eigenvalue weighted by Gasteiger charge is 2.10. The van der Waals surface area contributed by atoms with E-state index in [2.05, 4.69) is 19.1 Å². The van der Waals surface area contributed by atoms with E-state index in [1.54, 1.807) is 12.1 Å². The summed E-state index contributed by atoms with van der Waals surface area (Å²) < 4.78 is 0. The summed E-state index contributed by atoms with van der Waals surface area (Å²) in [5, 5.41) is 19.2. The van der Waals surface area contributed by atoms with Crippen molar-refractivity contribution in [3.63, 3.8) is 0 Å². The molecule has 0 aliphatic carbocycles. The lowest BCUT2D eigenvalue weighted by atomic mass is 9.90. The molecule has 0 aliphatic rings. The van der Waals surface area contributed by atoms with Crippen molar-refractivity contribution in [2.75, 3.05) is 0 Å². The highest BCUT2D eigenvalue weighted by molar-refractivity contribution is 5.36. The topological polar surface area (TPSA) is 40.5 Å². The molecule has 0 bridgehead atoms. The maximum absolute atomic E-state index is 9.62. The molecule has 0 heterocycles. The first-order chi connectivity index (χ1) is 10.5. The maximum atomic E-state index is 9.62. The molecule has 0 radical (unpaired) electrons. The molecule has 118 valence electrons. The van der Waals surface area contributed by atoms with Gasteiger partial charge in [0, 0.05) is 0 Å². The molecule has 2 aromatic carbocycles. The van der Waals surface area contributed by atoms with Crippen molar-refractivity contribution in [1.82, 2.24) is 0 Å². The van der Waals surface area contributed by atoms with Crippen molar-refractivity contribution in [2.45, 2.75) is 46.5 Å². The van der Waals surface area contributed by atoms with E-state index >= 15 is 0 Å². The predicted octanol–water partition coefficient (Wildman–Crippen LogP) is 4.92. The quantitative estimate of drug-likeness (QED) is 0.795. The summed E-state index contributed by atoms with van der Waals surface area (Å²) in [7, 11) is 0. The van der Waals surface area contributed by atoms with Crippen LogP contribution in [0.2, 0.25) is 0 Å². The number of phenols is 2. The zero-order chi connectivity index (χ0) is 16.1. The number of hydrogen-bond acceptors (Lipinski definition) is 2. The van der Waals surface area contributed by atoms with Gasteiger partial charge in [0.05, 0.1) is 0 Å². The highest BCUT2D eigenvalue weighted by Crippen LogP contribution is 2.24. The van der Waals surface area contributed by atoms with Gasteiger partial charge in [-0.15, -0.1) is 0 Å². The van der Waals surface area contributed by atoms with Crippen LogP contribution in [-0.2, 0) is 12.8 Å². The van der Waals surface area contributed by atoms with Gasteiger partial charge in [-0.25, -0.2) is 0 Å². The second-order valence-electron chi connectivity index (χ2n) is 6.26. The normalized spacial score (nSPS) is 12.3. The van der Waals surface area contributed by atoms with Gasteiger partial charge in [-0.3, -0.25) is 0 Å². The molecule has 0 spiro atoms. The van der Waals surface area contributed by atoms with Crippen molar-refractivity contribution < 1.29 is 10.2 Å². The molecule has 0 amide bonds.